The molecular weight excluding hydrogens is 250 g/mol. The molecule has 0 bridgehead atoms. The highest BCUT2D eigenvalue weighted by atomic mass is 16.6. The molecule has 0 spiro atoms. The summed E-state index contributed by atoms with van der Waals surface area (Å²) in [7, 11) is 3.24. The number of anilines is 2. The van der Waals surface area contributed by atoms with Crippen LogP contribution in [0.3, 0.4) is 0 Å². The molecule has 0 saturated heterocycles. The van der Waals surface area contributed by atoms with Gasteiger partial charge in [0.15, 0.2) is 0 Å². The van der Waals surface area contributed by atoms with Gasteiger partial charge in [-0.25, -0.2) is 0 Å². The number of nitrogens with two attached hydrogens (primary N) is 1. The third-order valence-electron chi connectivity index (χ3n) is 2.69. The van der Waals surface area contributed by atoms with Crippen LogP contribution in [0.5, 0.6) is 0 Å². The Morgan fingerprint density at radius 3 is 2.26 bits per heavy atom. The second-order valence-corrected chi connectivity index (χ2v) is 3.97. The van der Waals surface area contributed by atoms with Crippen LogP contribution in [-0.4, -0.2) is 45.4 Å². The molecule has 0 atom stereocenters. The van der Waals surface area contributed by atoms with E-state index in [0.717, 1.165) is 5.69 Å². The van der Waals surface area contributed by atoms with Crippen molar-refractivity contribution >= 4 is 17.1 Å². The highest BCUT2D eigenvalue weighted by Gasteiger charge is 2.13. The number of ether oxygens (including phenoxy) is 2. The van der Waals surface area contributed by atoms with Gasteiger partial charge in [0.25, 0.3) is 5.69 Å². The molecular formula is C12H19N3O4. The van der Waals surface area contributed by atoms with Gasteiger partial charge in [-0.2, -0.15) is 0 Å². The fourth-order valence-corrected chi connectivity index (χ4v) is 1.70. The molecule has 0 saturated carbocycles. The molecule has 0 aromatic heterocycles. The molecule has 0 aliphatic heterocycles. The van der Waals surface area contributed by atoms with Gasteiger partial charge in [0.05, 0.1) is 29.5 Å². The molecule has 106 valence electrons. The third kappa shape index (κ3) is 4.38. The van der Waals surface area contributed by atoms with Crippen LogP contribution in [-0.2, 0) is 9.47 Å². The van der Waals surface area contributed by atoms with Gasteiger partial charge in [-0.1, -0.05) is 0 Å². The fraction of sp³-hybridized carbons (Fsp3) is 0.500. The van der Waals surface area contributed by atoms with Crippen LogP contribution in [0.25, 0.3) is 0 Å². The molecule has 2 N–H and O–H groups in total. The summed E-state index contributed by atoms with van der Waals surface area (Å²) in [6, 6.07) is 4.46. The second kappa shape index (κ2) is 7.55. The molecule has 1 aromatic carbocycles. The molecule has 0 aliphatic rings. The van der Waals surface area contributed by atoms with Crippen molar-refractivity contribution in [3.8, 4) is 0 Å². The molecule has 0 unspecified atom stereocenters. The topological polar surface area (TPSA) is 90.9 Å². The van der Waals surface area contributed by atoms with Crippen molar-refractivity contribution in [3.05, 3.63) is 28.3 Å². The van der Waals surface area contributed by atoms with Crippen molar-refractivity contribution in [2.45, 2.75) is 0 Å². The minimum absolute atomic E-state index is 0.0142. The Hall–Kier alpha value is -1.86. The SMILES string of the molecule is COCCN(CCOC)c1ccc([N+](=O)[O-])cc1N. The number of hydrogen-bond acceptors (Lipinski definition) is 6. The zero-order chi connectivity index (χ0) is 14.3. The van der Waals surface area contributed by atoms with Crippen LogP contribution >= 0.6 is 0 Å². The number of nitro groups is 1. The number of benzene rings is 1. The summed E-state index contributed by atoms with van der Waals surface area (Å²) >= 11 is 0. The minimum atomic E-state index is -0.464. The highest BCUT2D eigenvalue weighted by molar-refractivity contribution is 5.70. The first kappa shape index (κ1) is 15.2. The minimum Gasteiger partial charge on any atom is -0.397 e. The molecule has 7 heteroatoms. The maximum atomic E-state index is 10.7. The number of rotatable bonds is 8. The molecule has 19 heavy (non-hydrogen) atoms. The van der Waals surface area contributed by atoms with E-state index in [-0.39, 0.29) is 5.69 Å². The molecule has 0 aliphatic carbocycles. The summed E-state index contributed by atoms with van der Waals surface area (Å²) in [5.74, 6) is 0. The Kier molecular flexibility index (Phi) is 6.04. The van der Waals surface area contributed by atoms with Gasteiger partial charge < -0.3 is 20.1 Å². The summed E-state index contributed by atoms with van der Waals surface area (Å²) < 4.78 is 10.1. The quantitative estimate of drug-likeness (QED) is 0.434. The molecule has 7 nitrogen and oxygen atoms in total. The van der Waals surface area contributed by atoms with Crippen LogP contribution in [0, 0.1) is 10.1 Å². The van der Waals surface area contributed by atoms with Crippen molar-refractivity contribution < 1.29 is 14.4 Å². The van der Waals surface area contributed by atoms with E-state index in [0.29, 0.717) is 32.0 Å². The highest BCUT2D eigenvalue weighted by Crippen LogP contribution is 2.27. The summed E-state index contributed by atoms with van der Waals surface area (Å²) in [5.41, 5.74) is 6.99. The van der Waals surface area contributed by atoms with E-state index < -0.39 is 4.92 Å². The zero-order valence-corrected chi connectivity index (χ0v) is 11.2. The first-order valence-electron chi connectivity index (χ1n) is 5.87. The third-order valence-corrected chi connectivity index (χ3v) is 2.69. The first-order valence-corrected chi connectivity index (χ1v) is 5.87. The van der Waals surface area contributed by atoms with Gasteiger partial charge in [-0.3, -0.25) is 10.1 Å². The van der Waals surface area contributed by atoms with Crippen LogP contribution in [0.1, 0.15) is 0 Å². The molecule has 0 fully saturated rings. The normalized spacial score (nSPS) is 10.4. The largest absolute Gasteiger partial charge is 0.397 e. The predicted molar refractivity (Wildman–Crippen MR) is 73.5 cm³/mol. The van der Waals surface area contributed by atoms with Gasteiger partial charge in [-0.15, -0.1) is 0 Å². The lowest BCUT2D eigenvalue weighted by Gasteiger charge is -2.25. The second-order valence-electron chi connectivity index (χ2n) is 3.97. The van der Waals surface area contributed by atoms with Gasteiger partial charge in [0.1, 0.15) is 0 Å². The number of nitrogens with zero attached hydrogens (tertiary/aromatic N) is 2. The van der Waals surface area contributed by atoms with Gasteiger partial charge >= 0.3 is 0 Å². The standard InChI is InChI=1S/C12H19N3O4/c1-18-7-5-14(6-8-19-2)12-4-3-10(15(16)17)9-11(12)13/h3-4,9H,5-8,13H2,1-2H3. The lowest BCUT2D eigenvalue weighted by Crippen LogP contribution is -2.31. The first-order chi connectivity index (χ1) is 9.10. The van der Waals surface area contributed by atoms with E-state index in [1.807, 2.05) is 4.90 Å². The van der Waals surface area contributed by atoms with Crippen molar-refractivity contribution in [2.24, 2.45) is 0 Å². The van der Waals surface area contributed by atoms with Gasteiger partial charge in [0.2, 0.25) is 0 Å². The van der Waals surface area contributed by atoms with Crippen molar-refractivity contribution in [2.75, 3.05) is 51.2 Å². The molecule has 0 amide bonds. The molecule has 0 radical (unpaired) electrons. The van der Waals surface area contributed by atoms with E-state index in [2.05, 4.69) is 0 Å². The number of methoxy groups -OCH3 is 2. The monoisotopic (exact) mass is 269 g/mol. The average Bonchev–Trinajstić information content (AvgIpc) is 2.39. The lowest BCUT2D eigenvalue weighted by atomic mass is 10.2. The average molecular weight is 269 g/mol. The molecule has 0 heterocycles. The van der Waals surface area contributed by atoms with E-state index in [4.69, 9.17) is 15.2 Å². The smallest absolute Gasteiger partial charge is 0.271 e. The van der Waals surface area contributed by atoms with Crippen LogP contribution < -0.4 is 10.6 Å². The summed E-state index contributed by atoms with van der Waals surface area (Å²) in [6.45, 7) is 2.37. The van der Waals surface area contributed by atoms with Crippen molar-refractivity contribution in [3.63, 3.8) is 0 Å². The number of hydrogen-bond donors (Lipinski definition) is 1. The van der Waals surface area contributed by atoms with E-state index in [9.17, 15) is 10.1 Å². The maximum absolute atomic E-state index is 10.7. The van der Waals surface area contributed by atoms with Crippen LogP contribution in [0.2, 0.25) is 0 Å². The van der Waals surface area contributed by atoms with E-state index >= 15 is 0 Å². The number of nitro benzene ring substituents is 1. The summed E-state index contributed by atoms with van der Waals surface area (Å²) in [6.07, 6.45) is 0. The van der Waals surface area contributed by atoms with E-state index in [1.165, 1.54) is 12.1 Å². The Labute approximate surface area is 112 Å². The zero-order valence-electron chi connectivity index (χ0n) is 11.2. The Morgan fingerprint density at radius 1 is 1.26 bits per heavy atom. The Morgan fingerprint density at radius 2 is 1.84 bits per heavy atom. The Bertz CT molecular complexity index is 417. The maximum Gasteiger partial charge on any atom is 0.271 e. The number of nitrogen functional groups attached to an aromatic ring is 1. The fourth-order valence-electron chi connectivity index (χ4n) is 1.70. The van der Waals surface area contributed by atoms with Crippen molar-refractivity contribution in [1.29, 1.82) is 0 Å². The van der Waals surface area contributed by atoms with Gasteiger partial charge in [0, 0.05) is 39.4 Å². The molecule has 1 aromatic rings. The van der Waals surface area contributed by atoms with Crippen LogP contribution in [0.15, 0.2) is 18.2 Å². The van der Waals surface area contributed by atoms with Crippen LogP contribution in [0.4, 0.5) is 17.1 Å². The summed E-state index contributed by atoms with van der Waals surface area (Å²) in [4.78, 5) is 12.2. The van der Waals surface area contributed by atoms with Crippen molar-refractivity contribution in [1.82, 2.24) is 0 Å². The van der Waals surface area contributed by atoms with Gasteiger partial charge in [-0.05, 0) is 6.07 Å². The predicted octanol–water partition coefficient (Wildman–Crippen LogP) is 1.28. The Balaban J connectivity index is 2.90. The number of non-ortho nitro benzene ring substituents is 1. The summed E-state index contributed by atoms with van der Waals surface area (Å²) in [5, 5.41) is 10.7. The van der Waals surface area contributed by atoms with E-state index in [1.54, 1.807) is 20.3 Å². The lowest BCUT2D eigenvalue weighted by molar-refractivity contribution is -0.384. The molecule has 1 rings (SSSR count).